The Morgan fingerprint density at radius 2 is 1.80 bits per heavy atom. The van der Waals surface area contributed by atoms with Crippen LogP contribution in [-0.2, 0) is 4.79 Å². The largest absolute Gasteiger partial charge is 0.478 e. The number of rotatable bonds is 2. The number of hydrogen-bond acceptors (Lipinski definition) is 2. The molecule has 0 saturated heterocycles. The van der Waals surface area contributed by atoms with Gasteiger partial charge in [0.1, 0.15) is 0 Å². The molecule has 2 rings (SSSR count). The maximum Gasteiger partial charge on any atom is 0.471 e. The van der Waals surface area contributed by atoms with Crippen LogP contribution >= 0.6 is 0 Å². The zero-order valence-corrected chi connectivity index (χ0v) is 9.86. The number of halogens is 3. The number of carbonyl (C=O) groups excluding carboxylic acids is 1. The van der Waals surface area contributed by atoms with Gasteiger partial charge in [0.2, 0.25) is 0 Å². The molecule has 4 nitrogen and oxygen atoms in total. The van der Waals surface area contributed by atoms with E-state index in [1.165, 1.54) is 30.3 Å². The van der Waals surface area contributed by atoms with E-state index in [2.05, 4.69) is 0 Å². The molecule has 0 heterocycles. The van der Waals surface area contributed by atoms with Crippen molar-refractivity contribution in [2.45, 2.75) is 6.18 Å². The lowest BCUT2D eigenvalue weighted by Crippen LogP contribution is -2.29. The fraction of sp³-hybridized carbons (Fsp3) is 0.0769. The lowest BCUT2D eigenvalue weighted by atomic mass is 10.1. The van der Waals surface area contributed by atoms with Crippen LogP contribution in [0.3, 0.4) is 0 Å². The molecular weight excluding hydrogens is 275 g/mol. The monoisotopic (exact) mass is 283 g/mol. The van der Waals surface area contributed by atoms with E-state index < -0.39 is 18.1 Å². The fourth-order valence-corrected chi connectivity index (χ4v) is 1.71. The Morgan fingerprint density at radius 1 is 1.10 bits per heavy atom. The molecule has 0 radical (unpaired) electrons. The van der Waals surface area contributed by atoms with E-state index in [0.717, 1.165) is 0 Å². The zero-order valence-electron chi connectivity index (χ0n) is 9.86. The van der Waals surface area contributed by atoms with Crippen LogP contribution < -0.4 is 5.32 Å². The van der Waals surface area contributed by atoms with Crippen LogP contribution in [-0.4, -0.2) is 23.2 Å². The molecule has 0 aliphatic heterocycles. The molecule has 0 saturated carbocycles. The second-order valence-corrected chi connectivity index (χ2v) is 4.00. The molecule has 0 atom stereocenters. The molecule has 0 aromatic heterocycles. The van der Waals surface area contributed by atoms with Crippen molar-refractivity contribution in [3.8, 4) is 0 Å². The predicted molar refractivity (Wildman–Crippen MR) is 65.6 cm³/mol. The number of carbonyl (C=O) groups is 2. The number of alkyl halides is 3. The Balaban J connectivity index is 2.50. The van der Waals surface area contributed by atoms with Crippen LogP contribution in [0, 0.1) is 0 Å². The van der Waals surface area contributed by atoms with Gasteiger partial charge in [-0.15, -0.1) is 0 Å². The summed E-state index contributed by atoms with van der Waals surface area (Å²) in [6, 6.07) is 8.35. The maximum atomic E-state index is 12.2. The van der Waals surface area contributed by atoms with Crippen molar-refractivity contribution in [1.82, 2.24) is 0 Å². The van der Waals surface area contributed by atoms with Crippen molar-refractivity contribution < 1.29 is 27.9 Å². The average molecular weight is 283 g/mol. The molecule has 1 amide bonds. The third kappa shape index (κ3) is 2.71. The van der Waals surface area contributed by atoms with Gasteiger partial charge in [0.05, 0.1) is 5.56 Å². The Hall–Kier alpha value is -2.57. The van der Waals surface area contributed by atoms with E-state index in [-0.39, 0.29) is 16.6 Å². The van der Waals surface area contributed by atoms with Crippen molar-refractivity contribution in [3.05, 3.63) is 42.0 Å². The van der Waals surface area contributed by atoms with Crippen LogP contribution in [0.25, 0.3) is 10.8 Å². The highest BCUT2D eigenvalue weighted by atomic mass is 19.4. The van der Waals surface area contributed by atoms with Crippen molar-refractivity contribution >= 4 is 28.3 Å². The van der Waals surface area contributed by atoms with Crippen LogP contribution in [0.2, 0.25) is 0 Å². The summed E-state index contributed by atoms with van der Waals surface area (Å²) in [6.45, 7) is 0. The molecule has 0 aliphatic rings. The van der Waals surface area contributed by atoms with Gasteiger partial charge < -0.3 is 10.4 Å². The quantitative estimate of drug-likeness (QED) is 0.890. The normalized spacial score (nSPS) is 11.3. The van der Waals surface area contributed by atoms with Crippen molar-refractivity contribution in [2.75, 3.05) is 5.32 Å². The molecule has 2 N–H and O–H groups in total. The number of carboxylic acid groups (broad SMARTS) is 1. The topological polar surface area (TPSA) is 66.4 Å². The van der Waals surface area contributed by atoms with Crippen molar-refractivity contribution in [3.63, 3.8) is 0 Å². The van der Waals surface area contributed by atoms with Crippen LogP contribution in [0.4, 0.5) is 18.9 Å². The molecular formula is C13H8F3NO3. The Kier molecular flexibility index (Phi) is 3.35. The lowest BCUT2D eigenvalue weighted by Gasteiger charge is -2.11. The van der Waals surface area contributed by atoms with Crippen LogP contribution in [0.15, 0.2) is 36.4 Å². The highest BCUT2D eigenvalue weighted by molar-refractivity contribution is 6.05. The van der Waals surface area contributed by atoms with Gasteiger partial charge in [0.25, 0.3) is 0 Å². The molecule has 2 aromatic carbocycles. The Morgan fingerprint density at radius 3 is 2.40 bits per heavy atom. The van der Waals surface area contributed by atoms with Gasteiger partial charge in [-0.3, -0.25) is 4.79 Å². The van der Waals surface area contributed by atoms with E-state index >= 15 is 0 Å². The Labute approximate surface area is 110 Å². The van der Waals surface area contributed by atoms with Crippen molar-refractivity contribution in [1.29, 1.82) is 0 Å². The minimum absolute atomic E-state index is 0.0776. The summed E-state index contributed by atoms with van der Waals surface area (Å²) in [4.78, 5) is 21.8. The molecule has 104 valence electrons. The summed E-state index contributed by atoms with van der Waals surface area (Å²) in [6.07, 6.45) is -5.01. The predicted octanol–water partition coefficient (Wildman–Crippen LogP) is 3.04. The van der Waals surface area contributed by atoms with Crippen molar-refractivity contribution in [2.24, 2.45) is 0 Å². The minimum Gasteiger partial charge on any atom is -0.478 e. The van der Waals surface area contributed by atoms with Gasteiger partial charge >= 0.3 is 18.1 Å². The first-order chi connectivity index (χ1) is 9.29. The van der Waals surface area contributed by atoms with E-state index in [1.807, 2.05) is 0 Å². The number of fused-ring (bicyclic) bond motifs is 1. The zero-order chi connectivity index (χ0) is 14.9. The smallest absolute Gasteiger partial charge is 0.471 e. The summed E-state index contributed by atoms with van der Waals surface area (Å²) < 4.78 is 36.7. The van der Waals surface area contributed by atoms with E-state index in [4.69, 9.17) is 5.11 Å². The Bertz CT molecular complexity index is 695. The maximum absolute atomic E-state index is 12.2. The molecule has 0 spiro atoms. The number of aromatic carboxylic acids is 1. The highest BCUT2D eigenvalue weighted by Gasteiger charge is 2.38. The molecule has 7 heteroatoms. The summed E-state index contributed by atoms with van der Waals surface area (Å²) in [5.41, 5.74) is -0.167. The third-order valence-electron chi connectivity index (χ3n) is 2.63. The summed E-state index contributed by atoms with van der Waals surface area (Å²) in [7, 11) is 0. The summed E-state index contributed by atoms with van der Waals surface area (Å²) in [5, 5.41) is 11.4. The van der Waals surface area contributed by atoms with Gasteiger partial charge in [-0.2, -0.15) is 13.2 Å². The van der Waals surface area contributed by atoms with Crippen LogP contribution in [0.1, 0.15) is 10.4 Å². The summed E-state index contributed by atoms with van der Waals surface area (Å²) in [5.74, 6) is -3.31. The molecule has 0 unspecified atom stereocenters. The fourth-order valence-electron chi connectivity index (χ4n) is 1.71. The standard InChI is InChI=1S/C13H8F3NO3/c14-13(15,16)12(20)17-10-3-1-2-7-4-5-8(11(18)19)6-9(7)10/h1-6H,(H,17,20)(H,18,19). The lowest BCUT2D eigenvalue weighted by molar-refractivity contribution is -0.167. The van der Waals surface area contributed by atoms with Gasteiger partial charge in [-0.25, -0.2) is 4.79 Å². The first-order valence-corrected chi connectivity index (χ1v) is 5.43. The number of hydrogen-bond donors (Lipinski definition) is 2. The molecule has 0 bridgehead atoms. The number of amides is 1. The van der Waals surface area contributed by atoms with Gasteiger partial charge in [0.15, 0.2) is 0 Å². The SMILES string of the molecule is O=C(O)c1ccc2cccc(NC(=O)C(F)(F)F)c2c1. The second kappa shape index (κ2) is 4.84. The van der Waals surface area contributed by atoms with Gasteiger partial charge in [-0.1, -0.05) is 18.2 Å². The summed E-state index contributed by atoms with van der Waals surface area (Å²) >= 11 is 0. The molecule has 2 aromatic rings. The number of anilines is 1. The first-order valence-electron chi connectivity index (χ1n) is 5.43. The van der Waals surface area contributed by atoms with E-state index in [0.29, 0.717) is 5.39 Å². The van der Waals surface area contributed by atoms with E-state index in [1.54, 1.807) is 11.4 Å². The third-order valence-corrected chi connectivity index (χ3v) is 2.63. The second-order valence-electron chi connectivity index (χ2n) is 4.00. The average Bonchev–Trinajstić information content (AvgIpc) is 2.37. The number of benzene rings is 2. The molecule has 20 heavy (non-hydrogen) atoms. The van der Waals surface area contributed by atoms with Gasteiger partial charge in [-0.05, 0) is 23.6 Å². The first kappa shape index (κ1) is 13.9. The molecule has 0 aliphatic carbocycles. The van der Waals surface area contributed by atoms with Crippen LogP contribution in [0.5, 0.6) is 0 Å². The molecule has 0 fully saturated rings. The minimum atomic E-state index is -5.01. The number of nitrogens with one attached hydrogen (secondary N) is 1. The highest BCUT2D eigenvalue weighted by Crippen LogP contribution is 2.26. The van der Waals surface area contributed by atoms with E-state index in [9.17, 15) is 22.8 Å². The number of carboxylic acids is 1. The van der Waals surface area contributed by atoms with Gasteiger partial charge in [0, 0.05) is 11.1 Å².